The van der Waals surface area contributed by atoms with Gasteiger partial charge in [-0.25, -0.2) is 0 Å². The number of carbonyl (C=O) groups is 2. The molecule has 0 aliphatic heterocycles. The normalized spacial score (nSPS) is 10.4. The molecule has 0 heterocycles. The average Bonchev–Trinajstić information content (AvgIpc) is 2.37. The Morgan fingerprint density at radius 3 is 1.89 bits per heavy atom. The largest absolute Gasteiger partial charge is 0.356 e. The molecule has 0 bridgehead atoms. The van der Waals surface area contributed by atoms with E-state index < -0.39 is 0 Å². The van der Waals surface area contributed by atoms with Crippen molar-refractivity contribution in [2.75, 3.05) is 6.54 Å². The molecule has 112 valence electrons. The van der Waals surface area contributed by atoms with Gasteiger partial charge in [0.1, 0.15) is 5.78 Å². The van der Waals surface area contributed by atoms with Gasteiger partial charge in [0.15, 0.2) is 0 Å². The summed E-state index contributed by atoms with van der Waals surface area (Å²) >= 11 is 0. The van der Waals surface area contributed by atoms with Gasteiger partial charge in [-0.1, -0.05) is 45.4 Å². The fourth-order valence-corrected chi connectivity index (χ4v) is 2.12. The summed E-state index contributed by atoms with van der Waals surface area (Å²) in [7, 11) is 0. The molecule has 1 N–H and O–H groups in total. The maximum atomic E-state index is 11.6. The van der Waals surface area contributed by atoms with E-state index in [1.54, 1.807) is 0 Å². The van der Waals surface area contributed by atoms with E-state index in [4.69, 9.17) is 0 Å². The summed E-state index contributed by atoms with van der Waals surface area (Å²) in [6.45, 7) is 4.44. The van der Waals surface area contributed by atoms with Gasteiger partial charge in [-0.2, -0.15) is 0 Å². The minimum Gasteiger partial charge on any atom is -0.356 e. The zero-order chi connectivity index (χ0) is 14.3. The molecule has 3 nitrogen and oxygen atoms in total. The molecule has 0 fully saturated rings. The van der Waals surface area contributed by atoms with Crippen LogP contribution in [-0.4, -0.2) is 18.2 Å². The van der Waals surface area contributed by atoms with Gasteiger partial charge in [-0.05, 0) is 19.3 Å². The van der Waals surface area contributed by atoms with Crippen molar-refractivity contribution in [3.63, 3.8) is 0 Å². The van der Waals surface area contributed by atoms with Crippen LogP contribution in [0.1, 0.15) is 84.5 Å². The molecule has 0 spiro atoms. The molecule has 0 rings (SSSR count). The van der Waals surface area contributed by atoms with Gasteiger partial charge < -0.3 is 5.32 Å². The minimum atomic E-state index is 0.00870. The molecule has 3 heteroatoms. The Kier molecular flexibility index (Phi) is 13.0. The van der Waals surface area contributed by atoms with Crippen molar-refractivity contribution in [1.29, 1.82) is 0 Å². The summed E-state index contributed by atoms with van der Waals surface area (Å²) in [6.07, 6.45) is 12.0. The molecular weight excluding hydrogens is 238 g/mol. The quantitative estimate of drug-likeness (QED) is 0.514. The lowest BCUT2D eigenvalue weighted by atomic mass is 10.0. The zero-order valence-electron chi connectivity index (χ0n) is 12.8. The first kappa shape index (κ1) is 18.1. The molecule has 0 saturated carbocycles. The van der Waals surface area contributed by atoms with E-state index in [1.165, 1.54) is 45.4 Å². The van der Waals surface area contributed by atoms with Crippen LogP contribution in [0, 0.1) is 0 Å². The van der Waals surface area contributed by atoms with Crippen molar-refractivity contribution >= 4 is 11.7 Å². The summed E-state index contributed by atoms with van der Waals surface area (Å²) in [5, 5.41) is 2.75. The molecule has 19 heavy (non-hydrogen) atoms. The third-order valence-corrected chi connectivity index (χ3v) is 3.32. The molecule has 0 aliphatic carbocycles. The van der Waals surface area contributed by atoms with Crippen molar-refractivity contribution in [3.05, 3.63) is 0 Å². The van der Waals surface area contributed by atoms with Gasteiger partial charge >= 0.3 is 0 Å². The Bertz CT molecular complexity index is 239. The van der Waals surface area contributed by atoms with Crippen molar-refractivity contribution in [1.82, 2.24) is 5.32 Å². The molecule has 0 aromatic heterocycles. The number of nitrogens with one attached hydrogen (secondary N) is 1. The predicted octanol–water partition coefficient (Wildman–Crippen LogP) is 4.00. The third kappa shape index (κ3) is 15.1. The second kappa shape index (κ2) is 13.6. The molecule has 0 aliphatic rings. The monoisotopic (exact) mass is 269 g/mol. The van der Waals surface area contributed by atoms with E-state index >= 15 is 0 Å². The number of hydrogen-bond acceptors (Lipinski definition) is 2. The highest BCUT2D eigenvalue weighted by Gasteiger charge is 2.01. The zero-order valence-corrected chi connectivity index (χ0v) is 12.8. The number of unbranched alkanes of at least 4 members (excludes halogenated alkanes) is 7. The first-order valence-corrected chi connectivity index (χ1v) is 7.93. The highest BCUT2D eigenvalue weighted by molar-refractivity contribution is 5.78. The maximum Gasteiger partial charge on any atom is 0.216 e. The SMILES string of the molecule is CCCCCCCCCC(=O)CCCCNC(C)=O. The lowest BCUT2D eigenvalue weighted by molar-refractivity contribution is -0.119. The summed E-state index contributed by atoms with van der Waals surface area (Å²) in [5.74, 6) is 0.394. The lowest BCUT2D eigenvalue weighted by Gasteiger charge is -2.03. The number of hydrogen-bond donors (Lipinski definition) is 1. The molecule has 0 unspecified atom stereocenters. The molecule has 0 aromatic rings. The van der Waals surface area contributed by atoms with Gasteiger partial charge in [-0.3, -0.25) is 9.59 Å². The van der Waals surface area contributed by atoms with Gasteiger partial charge in [0.2, 0.25) is 5.91 Å². The summed E-state index contributed by atoms with van der Waals surface area (Å²) in [4.78, 5) is 22.2. The molecule has 0 saturated heterocycles. The van der Waals surface area contributed by atoms with Crippen LogP contribution in [0.3, 0.4) is 0 Å². The van der Waals surface area contributed by atoms with E-state index in [2.05, 4.69) is 12.2 Å². The fourth-order valence-electron chi connectivity index (χ4n) is 2.12. The van der Waals surface area contributed by atoms with Crippen LogP contribution < -0.4 is 5.32 Å². The second-order valence-electron chi connectivity index (χ2n) is 5.35. The number of ketones is 1. The summed E-state index contributed by atoms with van der Waals surface area (Å²) < 4.78 is 0. The maximum absolute atomic E-state index is 11.6. The van der Waals surface area contributed by atoms with E-state index in [9.17, 15) is 9.59 Å². The van der Waals surface area contributed by atoms with Crippen LogP contribution in [-0.2, 0) is 9.59 Å². The van der Waals surface area contributed by atoms with Gasteiger partial charge in [0.25, 0.3) is 0 Å². The van der Waals surface area contributed by atoms with Crippen LogP contribution >= 0.6 is 0 Å². The number of amides is 1. The topological polar surface area (TPSA) is 46.2 Å². The summed E-state index contributed by atoms with van der Waals surface area (Å²) in [5.41, 5.74) is 0. The Balaban J connectivity index is 3.19. The van der Waals surface area contributed by atoms with Crippen LogP contribution in [0.4, 0.5) is 0 Å². The smallest absolute Gasteiger partial charge is 0.216 e. The van der Waals surface area contributed by atoms with Gasteiger partial charge in [0, 0.05) is 26.3 Å². The first-order chi connectivity index (χ1) is 9.16. The highest BCUT2D eigenvalue weighted by atomic mass is 16.1. The summed E-state index contributed by atoms with van der Waals surface area (Å²) in [6, 6.07) is 0. The van der Waals surface area contributed by atoms with Crippen molar-refractivity contribution < 1.29 is 9.59 Å². The molecule has 1 amide bonds. The van der Waals surface area contributed by atoms with Crippen LogP contribution in [0.2, 0.25) is 0 Å². The van der Waals surface area contributed by atoms with Crippen LogP contribution in [0.15, 0.2) is 0 Å². The Morgan fingerprint density at radius 2 is 1.32 bits per heavy atom. The van der Waals surface area contributed by atoms with E-state index in [0.29, 0.717) is 18.7 Å². The molecule has 0 atom stereocenters. The van der Waals surface area contributed by atoms with Crippen molar-refractivity contribution in [3.8, 4) is 0 Å². The predicted molar refractivity (Wildman–Crippen MR) is 80.2 cm³/mol. The Hall–Kier alpha value is -0.860. The lowest BCUT2D eigenvalue weighted by Crippen LogP contribution is -2.20. The number of Topliss-reactive ketones (excluding diaryl/α,β-unsaturated/α-hetero) is 1. The second-order valence-corrected chi connectivity index (χ2v) is 5.35. The van der Waals surface area contributed by atoms with Crippen LogP contribution in [0.5, 0.6) is 0 Å². The first-order valence-electron chi connectivity index (χ1n) is 7.93. The van der Waals surface area contributed by atoms with E-state index in [-0.39, 0.29) is 5.91 Å². The average molecular weight is 269 g/mol. The van der Waals surface area contributed by atoms with Crippen molar-refractivity contribution in [2.45, 2.75) is 84.5 Å². The molecule has 0 aromatic carbocycles. The number of rotatable bonds is 13. The van der Waals surface area contributed by atoms with E-state index in [0.717, 1.165) is 25.7 Å². The van der Waals surface area contributed by atoms with Crippen LogP contribution in [0.25, 0.3) is 0 Å². The molecular formula is C16H31NO2. The third-order valence-electron chi connectivity index (χ3n) is 3.32. The van der Waals surface area contributed by atoms with Crippen molar-refractivity contribution in [2.24, 2.45) is 0 Å². The number of carbonyl (C=O) groups excluding carboxylic acids is 2. The minimum absolute atomic E-state index is 0.00870. The van der Waals surface area contributed by atoms with E-state index in [1.807, 2.05) is 0 Å². The Labute approximate surface area is 118 Å². The van der Waals surface area contributed by atoms with Gasteiger partial charge in [0.05, 0.1) is 0 Å². The Morgan fingerprint density at radius 1 is 0.789 bits per heavy atom. The molecule has 0 radical (unpaired) electrons. The standard InChI is InChI=1S/C16H31NO2/c1-3-4-5-6-7-8-9-12-16(19)13-10-11-14-17-15(2)18/h3-14H2,1-2H3,(H,17,18). The fraction of sp³-hybridized carbons (Fsp3) is 0.875. The van der Waals surface area contributed by atoms with Gasteiger partial charge in [-0.15, -0.1) is 0 Å². The highest BCUT2D eigenvalue weighted by Crippen LogP contribution is 2.10.